The predicted molar refractivity (Wildman–Crippen MR) is 152 cm³/mol. The Bertz CT molecular complexity index is 1140. The third-order valence-electron chi connectivity index (χ3n) is 7.05. The summed E-state index contributed by atoms with van der Waals surface area (Å²) in [4.78, 5) is 14.7. The van der Waals surface area contributed by atoms with Crippen LogP contribution in [0, 0.1) is 12.8 Å². The lowest BCUT2D eigenvalue weighted by Crippen LogP contribution is -2.34. The van der Waals surface area contributed by atoms with Crippen LogP contribution in [0.5, 0.6) is 5.75 Å². The minimum atomic E-state index is -0.0204. The van der Waals surface area contributed by atoms with Crippen LogP contribution in [0.1, 0.15) is 61.8 Å². The van der Waals surface area contributed by atoms with Crippen molar-refractivity contribution in [3.63, 3.8) is 0 Å². The van der Waals surface area contributed by atoms with Gasteiger partial charge >= 0.3 is 0 Å². The molecule has 190 valence electrons. The van der Waals surface area contributed by atoms with Crippen LogP contribution < -0.4 is 10.1 Å². The molecule has 36 heavy (non-hydrogen) atoms. The number of benzene rings is 3. The van der Waals surface area contributed by atoms with Crippen LogP contribution in [-0.4, -0.2) is 30.4 Å². The average molecular weight is 550 g/mol. The Kier molecular flexibility index (Phi) is 9.22. The van der Waals surface area contributed by atoms with E-state index in [1.807, 2.05) is 26.0 Å². The van der Waals surface area contributed by atoms with Crippen molar-refractivity contribution < 1.29 is 9.53 Å². The number of para-hydroxylation sites is 1. The zero-order chi connectivity index (χ0) is 25.5. The molecule has 0 radical (unpaired) electrons. The van der Waals surface area contributed by atoms with Gasteiger partial charge in [0.15, 0.2) is 0 Å². The van der Waals surface area contributed by atoms with E-state index in [4.69, 9.17) is 4.74 Å². The molecule has 1 aliphatic rings. The summed E-state index contributed by atoms with van der Waals surface area (Å²) < 4.78 is 7.62. The van der Waals surface area contributed by atoms with Crippen molar-refractivity contribution in [1.82, 2.24) is 4.90 Å². The number of halogens is 1. The largest absolute Gasteiger partial charge is 0.485 e. The molecule has 1 heterocycles. The van der Waals surface area contributed by atoms with Gasteiger partial charge in [-0.2, -0.15) is 0 Å². The number of hydrogen-bond donors (Lipinski definition) is 1. The van der Waals surface area contributed by atoms with Gasteiger partial charge in [0, 0.05) is 29.0 Å². The summed E-state index contributed by atoms with van der Waals surface area (Å²) in [6.07, 6.45) is 3.21. The first-order valence-electron chi connectivity index (χ1n) is 13.0. The highest BCUT2D eigenvalue weighted by Crippen LogP contribution is 2.32. The molecule has 0 spiro atoms. The minimum absolute atomic E-state index is 0.0122. The molecule has 4 rings (SSSR count). The Morgan fingerprint density at radius 1 is 1.03 bits per heavy atom. The van der Waals surface area contributed by atoms with Crippen molar-refractivity contribution in [2.24, 2.45) is 5.92 Å². The monoisotopic (exact) mass is 548 g/mol. The zero-order valence-corrected chi connectivity index (χ0v) is 23.1. The number of nitrogens with zero attached hydrogens (tertiary/aromatic N) is 1. The van der Waals surface area contributed by atoms with Gasteiger partial charge < -0.3 is 15.0 Å². The summed E-state index contributed by atoms with van der Waals surface area (Å²) in [6.45, 7) is 9.09. The summed E-state index contributed by atoms with van der Waals surface area (Å²) in [7, 11) is 0. The molecule has 1 aliphatic heterocycles. The van der Waals surface area contributed by atoms with E-state index in [1.54, 1.807) is 0 Å². The van der Waals surface area contributed by atoms with Gasteiger partial charge in [0.1, 0.15) is 11.9 Å². The molecule has 4 nitrogen and oxygen atoms in total. The van der Waals surface area contributed by atoms with E-state index in [0.717, 1.165) is 60.4 Å². The second-order valence-corrected chi connectivity index (χ2v) is 11.0. The first-order chi connectivity index (χ1) is 17.4. The van der Waals surface area contributed by atoms with Gasteiger partial charge in [-0.25, -0.2) is 0 Å². The minimum Gasteiger partial charge on any atom is -0.485 e. The van der Waals surface area contributed by atoms with Crippen molar-refractivity contribution >= 4 is 27.5 Å². The van der Waals surface area contributed by atoms with Gasteiger partial charge in [-0.15, -0.1) is 0 Å². The fraction of sp³-hybridized carbons (Fsp3) is 0.387. The number of aryl methyl sites for hydroxylation is 1. The zero-order valence-electron chi connectivity index (χ0n) is 21.5. The number of carbonyl (C=O) groups is 1. The Hall–Kier alpha value is -2.63. The van der Waals surface area contributed by atoms with Gasteiger partial charge in [-0.3, -0.25) is 4.79 Å². The summed E-state index contributed by atoms with van der Waals surface area (Å²) in [5.74, 6) is 1.53. The smallest absolute Gasteiger partial charge is 0.226 e. The molecule has 1 atom stereocenters. The van der Waals surface area contributed by atoms with Gasteiger partial charge in [0.2, 0.25) is 5.91 Å². The van der Waals surface area contributed by atoms with Crippen molar-refractivity contribution in [3.05, 3.63) is 94.0 Å². The maximum atomic E-state index is 12.1. The van der Waals surface area contributed by atoms with Crippen LogP contribution >= 0.6 is 15.9 Å². The Balaban J connectivity index is 1.35. The normalized spacial score (nSPS) is 15.6. The summed E-state index contributed by atoms with van der Waals surface area (Å²) >= 11 is 3.55. The highest BCUT2D eigenvalue weighted by atomic mass is 79.9. The van der Waals surface area contributed by atoms with Crippen LogP contribution in [0.4, 0.5) is 5.69 Å². The van der Waals surface area contributed by atoms with Crippen LogP contribution in [-0.2, 0) is 4.79 Å². The van der Waals surface area contributed by atoms with E-state index in [0.29, 0.717) is 5.92 Å². The van der Waals surface area contributed by atoms with E-state index in [1.165, 1.54) is 11.1 Å². The highest BCUT2D eigenvalue weighted by molar-refractivity contribution is 9.10. The van der Waals surface area contributed by atoms with Gasteiger partial charge in [0.05, 0.1) is 0 Å². The maximum absolute atomic E-state index is 12.1. The lowest BCUT2D eigenvalue weighted by atomic mass is 9.89. The second kappa shape index (κ2) is 12.6. The Morgan fingerprint density at radius 3 is 2.44 bits per heavy atom. The molecule has 1 amide bonds. The standard InChI is InChI=1S/C31H37BrN2O2/c1-22(2)31(35)33-28-9-6-8-26(21-28)24-15-18-34(19-16-24)20-17-30(25-11-13-27(32)14-12-25)36-29-10-5-4-7-23(29)3/h4-14,21-22,24,30H,15-20H2,1-3H3,(H,33,35). The molecule has 1 fully saturated rings. The van der Waals surface area contributed by atoms with E-state index >= 15 is 0 Å². The number of likely N-dealkylation sites (tertiary alicyclic amines) is 1. The molecule has 1 saturated heterocycles. The maximum Gasteiger partial charge on any atom is 0.226 e. The van der Waals surface area contributed by atoms with Gasteiger partial charge in [0.25, 0.3) is 0 Å². The third-order valence-corrected chi connectivity index (χ3v) is 7.58. The van der Waals surface area contributed by atoms with Crippen molar-refractivity contribution in [1.29, 1.82) is 0 Å². The average Bonchev–Trinajstić information content (AvgIpc) is 2.88. The number of rotatable bonds is 9. The first kappa shape index (κ1) is 26.4. The van der Waals surface area contributed by atoms with E-state index < -0.39 is 0 Å². The number of nitrogens with one attached hydrogen (secondary N) is 1. The van der Waals surface area contributed by atoms with Crippen LogP contribution in [0.2, 0.25) is 0 Å². The lowest BCUT2D eigenvalue weighted by Gasteiger charge is -2.33. The number of ether oxygens (including phenoxy) is 1. The first-order valence-corrected chi connectivity index (χ1v) is 13.8. The molecule has 1 N–H and O–H groups in total. The fourth-order valence-electron chi connectivity index (χ4n) is 4.76. The fourth-order valence-corrected chi connectivity index (χ4v) is 5.02. The lowest BCUT2D eigenvalue weighted by molar-refractivity contribution is -0.118. The molecule has 0 bridgehead atoms. The second-order valence-electron chi connectivity index (χ2n) is 10.1. The number of hydrogen-bond acceptors (Lipinski definition) is 3. The molecule has 0 aromatic heterocycles. The van der Waals surface area contributed by atoms with Gasteiger partial charge in [-0.1, -0.05) is 72.2 Å². The molecule has 3 aromatic rings. The quantitative estimate of drug-likeness (QED) is 0.297. The molecular weight excluding hydrogens is 512 g/mol. The Morgan fingerprint density at radius 2 is 1.75 bits per heavy atom. The van der Waals surface area contributed by atoms with Crippen molar-refractivity contribution in [2.75, 3.05) is 25.0 Å². The van der Waals surface area contributed by atoms with Crippen molar-refractivity contribution in [2.45, 2.75) is 52.1 Å². The molecule has 0 aliphatic carbocycles. The topological polar surface area (TPSA) is 41.6 Å². The van der Waals surface area contributed by atoms with Crippen LogP contribution in [0.25, 0.3) is 0 Å². The van der Waals surface area contributed by atoms with E-state index in [2.05, 4.69) is 93.7 Å². The molecular formula is C31H37BrN2O2. The predicted octanol–water partition coefficient (Wildman–Crippen LogP) is 7.74. The molecule has 0 saturated carbocycles. The molecule has 5 heteroatoms. The summed E-state index contributed by atoms with van der Waals surface area (Å²) in [5.41, 5.74) is 4.59. The number of piperidine rings is 1. The molecule has 1 unspecified atom stereocenters. The summed E-state index contributed by atoms with van der Waals surface area (Å²) in [6, 6.07) is 25.1. The Labute approximate surface area is 224 Å². The van der Waals surface area contributed by atoms with Gasteiger partial charge in [-0.05, 0) is 85.8 Å². The SMILES string of the molecule is Cc1ccccc1OC(CCN1CCC(c2cccc(NC(=O)C(C)C)c2)CC1)c1ccc(Br)cc1. The molecule has 3 aromatic carbocycles. The van der Waals surface area contributed by atoms with Crippen LogP contribution in [0.15, 0.2) is 77.3 Å². The number of anilines is 1. The van der Waals surface area contributed by atoms with E-state index in [-0.39, 0.29) is 17.9 Å². The van der Waals surface area contributed by atoms with Crippen LogP contribution in [0.3, 0.4) is 0 Å². The third kappa shape index (κ3) is 7.21. The number of carbonyl (C=O) groups excluding carboxylic acids is 1. The van der Waals surface area contributed by atoms with Crippen molar-refractivity contribution in [3.8, 4) is 5.75 Å². The van der Waals surface area contributed by atoms with E-state index in [9.17, 15) is 4.79 Å². The highest BCUT2D eigenvalue weighted by Gasteiger charge is 2.23. The number of amides is 1. The summed E-state index contributed by atoms with van der Waals surface area (Å²) in [5, 5.41) is 3.04.